The van der Waals surface area contributed by atoms with Crippen molar-refractivity contribution in [1.82, 2.24) is 20.1 Å². The number of benzene rings is 1. The summed E-state index contributed by atoms with van der Waals surface area (Å²) in [4.78, 5) is 0. The van der Waals surface area contributed by atoms with E-state index >= 15 is 0 Å². The first-order valence-corrected chi connectivity index (χ1v) is 5.82. The van der Waals surface area contributed by atoms with Gasteiger partial charge >= 0.3 is 0 Å². The molecule has 0 amide bonds. The fourth-order valence-electron chi connectivity index (χ4n) is 1.85. The smallest absolute Gasteiger partial charge is 0.163 e. The Morgan fingerprint density at radius 2 is 2.12 bits per heavy atom. The molecular formula is C13H18N4. The molecule has 4 nitrogen and oxygen atoms in total. The Kier molecular flexibility index (Phi) is 3.54. The summed E-state index contributed by atoms with van der Waals surface area (Å²) in [6, 6.07) is 8.33. The van der Waals surface area contributed by atoms with Crippen molar-refractivity contribution in [2.24, 2.45) is 7.05 Å². The molecule has 2 aromatic rings. The van der Waals surface area contributed by atoms with Crippen LogP contribution in [0.2, 0.25) is 0 Å². The lowest BCUT2D eigenvalue weighted by molar-refractivity contribution is 0.718. The van der Waals surface area contributed by atoms with Crippen molar-refractivity contribution in [3.63, 3.8) is 0 Å². The highest BCUT2D eigenvalue weighted by Crippen LogP contribution is 2.18. The summed E-state index contributed by atoms with van der Waals surface area (Å²) >= 11 is 0. The Bertz CT molecular complexity index is 502. The summed E-state index contributed by atoms with van der Waals surface area (Å²) in [5.41, 5.74) is 2.36. The van der Waals surface area contributed by atoms with Gasteiger partial charge in [-0.2, -0.15) is 0 Å². The molecule has 0 atom stereocenters. The van der Waals surface area contributed by atoms with Crippen LogP contribution in [0.25, 0.3) is 11.4 Å². The molecule has 0 spiro atoms. The van der Waals surface area contributed by atoms with Crippen LogP contribution in [0.15, 0.2) is 24.3 Å². The molecule has 0 saturated carbocycles. The number of rotatable bonds is 4. The lowest BCUT2D eigenvalue weighted by Gasteiger charge is -2.04. The van der Waals surface area contributed by atoms with E-state index in [0.717, 1.165) is 30.2 Å². The highest BCUT2D eigenvalue weighted by Gasteiger charge is 2.09. The molecule has 2 rings (SSSR count). The van der Waals surface area contributed by atoms with Crippen molar-refractivity contribution in [3.05, 3.63) is 35.7 Å². The van der Waals surface area contributed by atoms with Gasteiger partial charge in [0.2, 0.25) is 0 Å². The number of nitrogens with zero attached hydrogens (tertiary/aromatic N) is 3. The fourth-order valence-corrected chi connectivity index (χ4v) is 1.85. The molecule has 0 fully saturated rings. The second-order valence-electron chi connectivity index (χ2n) is 4.22. The van der Waals surface area contributed by atoms with E-state index in [2.05, 4.69) is 45.2 Å². The van der Waals surface area contributed by atoms with Crippen LogP contribution in [0.4, 0.5) is 0 Å². The monoisotopic (exact) mass is 230 g/mol. The van der Waals surface area contributed by atoms with E-state index < -0.39 is 0 Å². The minimum absolute atomic E-state index is 0.895. The lowest BCUT2D eigenvalue weighted by Crippen LogP contribution is -2.13. The number of likely N-dealkylation sites (N-methyl/N-ethyl adjacent to an activating group) is 1. The van der Waals surface area contributed by atoms with Crippen molar-refractivity contribution in [3.8, 4) is 11.4 Å². The molecule has 1 aromatic heterocycles. The molecule has 17 heavy (non-hydrogen) atoms. The molecule has 1 heterocycles. The van der Waals surface area contributed by atoms with Crippen LogP contribution >= 0.6 is 0 Å². The Labute approximate surface area is 102 Å². The second kappa shape index (κ2) is 5.10. The zero-order valence-corrected chi connectivity index (χ0v) is 10.6. The number of hydrogen-bond donors (Lipinski definition) is 1. The van der Waals surface area contributed by atoms with Gasteiger partial charge in [-0.15, -0.1) is 10.2 Å². The highest BCUT2D eigenvalue weighted by molar-refractivity contribution is 5.56. The van der Waals surface area contributed by atoms with Crippen LogP contribution in [-0.4, -0.2) is 28.4 Å². The zero-order valence-electron chi connectivity index (χ0n) is 10.6. The van der Waals surface area contributed by atoms with Gasteiger partial charge in [-0.1, -0.05) is 23.8 Å². The number of aryl methyl sites for hydroxylation is 1. The summed E-state index contributed by atoms with van der Waals surface area (Å²) in [7, 11) is 3.96. The van der Waals surface area contributed by atoms with Crippen LogP contribution in [0.5, 0.6) is 0 Å². The maximum Gasteiger partial charge on any atom is 0.163 e. The predicted octanol–water partition coefficient (Wildman–Crippen LogP) is 1.55. The second-order valence-corrected chi connectivity index (χ2v) is 4.22. The molecule has 1 N–H and O–H groups in total. The van der Waals surface area contributed by atoms with Gasteiger partial charge in [0.15, 0.2) is 5.82 Å². The molecule has 0 aliphatic heterocycles. The minimum atomic E-state index is 0.895. The summed E-state index contributed by atoms with van der Waals surface area (Å²) in [6.07, 6.45) is 0.895. The van der Waals surface area contributed by atoms with Crippen molar-refractivity contribution in [2.45, 2.75) is 13.3 Å². The van der Waals surface area contributed by atoms with E-state index in [0.29, 0.717) is 0 Å². The van der Waals surface area contributed by atoms with Crippen LogP contribution in [0, 0.1) is 6.92 Å². The zero-order chi connectivity index (χ0) is 12.3. The van der Waals surface area contributed by atoms with Gasteiger partial charge in [0, 0.05) is 25.6 Å². The van der Waals surface area contributed by atoms with Crippen molar-refractivity contribution in [2.75, 3.05) is 13.6 Å². The third-order valence-corrected chi connectivity index (χ3v) is 2.84. The Morgan fingerprint density at radius 3 is 2.82 bits per heavy atom. The first-order chi connectivity index (χ1) is 8.22. The molecule has 0 radical (unpaired) electrons. The van der Waals surface area contributed by atoms with Gasteiger partial charge in [-0.05, 0) is 20.0 Å². The number of aromatic nitrogens is 3. The van der Waals surface area contributed by atoms with Gasteiger partial charge < -0.3 is 9.88 Å². The topological polar surface area (TPSA) is 42.7 Å². The highest BCUT2D eigenvalue weighted by atomic mass is 15.3. The quantitative estimate of drug-likeness (QED) is 0.866. The van der Waals surface area contributed by atoms with E-state index in [1.54, 1.807) is 0 Å². The number of hydrogen-bond acceptors (Lipinski definition) is 3. The molecule has 0 saturated heterocycles. The van der Waals surface area contributed by atoms with Crippen LogP contribution in [-0.2, 0) is 13.5 Å². The molecule has 4 heteroatoms. The average Bonchev–Trinajstić information content (AvgIpc) is 2.68. The molecule has 0 bridgehead atoms. The van der Waals surface area contributed by atoms with Crippen molar-refractivity contribution in [1.29, 1.82) is 0 Å². The van der Waals surface area contributed by atoms with Crippen LogP contribution in [0.1, 0.15) is 11.4 Å². The van der Waals surface area contributed by atoms with Gasteiger partial charge in [-0.3, -0.25) is 0 Å². The molecule has 0 unspecified atom stereocenters. The van der Waals surface area contributed by atoms with E-state index in [1.807, 2.05) is 20.2 Å². The third kappa shape index (κ3) is 2.53. The summed E-state index contributed by atoms with van der Waals surface area (Å²) in [6.45, 7) is 3.00. The molecule has 0 aliphatic rings. The van der Waals surface area contributed by atoms with Crippen molar-refractivity contribution >= 4 is 0 Å². The Hall–Kier alpha value is -1.68. The summed E-state index contributed by atoms with van der Waals surface area (Å²) < 4.78 is 2.06. The molecule has 0 aliphatic carbocycles. The largest absolute Gasteiger partial charge is 0.319 e. The standard InChI is InChI=1S/C13H18N4/c1-10-5-4-6-11(9-10)13-16-15-12(17(13)3)7-8-14-2/h4-6,9,14H,7-8H2,1-3H3. The lowest BCUT2D eigenvalue weighted by atomic mass is 10.1. The first kappa shape index (κ1) is 11.8. The Balaban J connectivity index is 2.30. The van der Waals surface area contributed by atoms with E-state index in [-0.39, 0.29) is 0 Å². The first-order valence-electron chi connectivity index (χ1n) is 5.82. The van der Waals surface area contributed by atoms with E-state index in [4.69, 9.17) is 0 Å². The summed E-state index contributed by atoms with van der Waals surface area (Å²) in [5.74, 6) is 1.94. The van der Waals surface area contributed by atoms with E-state index in [9.17, 15) is 0 Å². The SMILES string of the molecule is CNCCc1nnc(-c2cccc(C)c2)n1C. The third-order valence-electron chi connectivity index (χ3n) is 2.84. The predicted molar refractivity (Wildman–Crippen MR) is 68.8 cm³/mol. The number of nitrogens with one attached hydrogen (secondary N) is 1. The van der Waals surface area contributed by atoms with Crippen LogP contribution in [0.3, 0.4) is 0 Å². The maximum absolute atomic E-state index is 4.27. The molecule has 90 valence electrons. The summed E-state index contributed by atoms with van der Waals surface area (Å²) in [5, 5.41) is 11.6. The van der Waals surface area contributed by atoms with Gasteiger partial charge in [-0.25, -0.2) is 0 Å². The Morgan fingerprint density at radius 1 is 1.29 bits per heavy atom. The van der Waals surface area contributed by atoms with Gasteiger partial charge in [0.1, 0.15) is 5.82 Å². The van der Waals surface area contributed by atoms with Gasteiger partial charge in [0.25, 0.3) is 0 Å². The molecule has 1 aromatic carbocycles. The molecular weight excluding hydrogens is 212 g/mol. The fraction of sp³-hybridized carbons (Fsp3) is 0.385. The van der Waals surface area contributed by atoms with Crippen LogP contribution < -0.4 is 5.32 Å². The maximum atomic E-state index is 4.27. The minimum Gasteiger partial charge on any atom is -0.319 e. The normalized spacial score (nSPS) is 10.8. The average molecular weight is 230 g/mol. The van der Waals surface area contributed by atoms with E-state index in [1.165, 1.54) is 5.56 Å². The van der Waals surface area contributed by atoms with Gasteiger partial charge in [0.05, 0.1) is 0 Å². The van der Waals surface area contributed by atoms with Crippen molar-refractivity contribution < 1.29 is 0 Å².